The molecule has 3 heterocycles. The number of nitrogens with zero attached hydrogens (tertiary/aromatic N) is 3. The lowest BCUT2D eigenvalue weighted by Crippen LogP contribution is -2.56. The van der Waals surface area contributed by atoms with E-state index in [9.17, 15) is 26.3 Å². The van der Waals surface area contributed by atoms with E-state index in [0.29, 0.717) is 0 Å². The highest BCUT2D eigenvalue weighted by molar-refractivity contribution is 5.73. The van der Waals surface area contributed by atoms with E-state index in [-0.39, 0.29) is 5.60 Å². The van der Waals surface area contributed by atoms with Crippen molar-refractivity contribution < 1.29 is 55.6 Å². The first-order valence-electron chi connectivity index (χ1n) is 10.8. The third kappa shape index (κ3) is 12.0. The van der Waals surface area contributed by atoms with Gasteiger partial charge in [-0.15, -0.1) is 0 Å². The Bertz CT molecular complexity index is 778. The summed E-state index contributed by atoms with van der Waals surface area (Å²) in [5.41, 5.74) is 1.20. The Labute approximate surface area is 203 Å². The highest BCUT2D eigenvalue weighted by Crippen LogP contribution is 2.30. The third-order valence-electron chi connectivity index (χ3n) is 5.30. The van der Waals surface area contributed by atoms with Crippen LogP contribution in [0.15, 0.2) is 24.4 Å². The zero-order valence-electron chi connectivity index (χ0n) is 19.5. The molecule has 0 unspecified atom stereocenters. The van der Waals surface area contributed by atoms with Crippen LogP contribution in [0, 0.1) is 0 Å². The largest absolute Gasteiger partial charge is 0.490 e. The Kier molecular flexibility index (Phi) is 12.5. The molecule has 2 aliphatic heterocycles. The maximum absolute atomic E-state index is 10.6. The van der Waals surface area contributed by atoms with Gasteiger partial charge < -0.3 is 24.6 Å². The molecular formula is C21H29F6N3O6. The first-order valence-corrected chi connectivity index (χ1v) is 10.8. The van der Waals surface area contributed by atoms with Crippen LogP contribution in [0.25, 0.3) is 0 Å². The molecular weight excluding hydrogens is 504 g/mol. The number of morpholine rings is 1. The predicted molar refractivity (Wildman–Crippen MR) is 113 cm³/mol. The summed E-state index contributed by atoms with van der Waals surface area (Å²) in [5, 5.41) is 14.2. The number of ether oxygens (including phenoxy) is 2. The van der Waals surface area contributed by atoms with Gasteiger partial charge in [-0.1, -0.05) is 6.07 Å². The SMILES string of the molecule is COCCN1CCC2(CC1)CN(Cc1ccccn1)CCO2.O=C(O)C(F)(F)F.O=C(O)C(F)(F)F. The van der Waals surface area contributed by atoms with E-state index in [0.717, 1.165) is 71.0 Å². The Morgan fingerprint density at radius 1 is 1.03 bits per heavy atom. The molecule has 2 aliphatic rings. The normalized spacial score (nSPS) is 18.4. The molecule has 0 amide bonds. The highest BCUT2D eigenvalue weighted by Gasteiger charge is 2.40. The average molecular weight is 533 g/mol. The maximum atomic E-state index is 10.6. The molecule has 1 aromatic rings. The average Bonchev–Trinajstić information content (AvgIpc) is 2.79. The van der Waals surface area contributed by atoms with Gasteiger partial charge in [0.1, 0.15) is 0 Å². The van der Waals surface area contributed by atoms with E-state index in [1.807, 2.05) is 12.3 Å². The third-order valence-corrected chi connectivity index (χ3v) is 5.30. The summed E-state index contributed by atoms with van der Waals surface area (Å²) in [6.07, 6.45) is -6.05. The second kappa shape index (κ2) is 14.3. The van der Waals surface area contributed by atoms with Gasteiger partial charge in [0.25, 0.3) is 0 Å². The molecule has 0 bridgehead atoms. The number of carboxylic acids is 2. The van der Waals surface area contributed by atoms with Gasteiger partial charge in [0.15, 0.2) is 0 Å². The molecule has 0 aliphatic carbocycles. The lowest BCUT2D eigenvalue weighted by atomic mass is 9.89. The van der Waals surface area contributed by atoms with Crippen molar-refractivity contribution in [1.82, 2.24) is 14.8 Å². The van der Waals surface area contributed by atoms with Gasteiger partial charge >= 0.3 is 24.3 Å². The monoisotopic (exact) mass is 533 g/mol. The summed E-state index contributed by atoms with van der Waals surface area (Å²) in [6.45, 7) is 7.88. The molecule has 36 heavy (non-hydrogen) atoms. The number of rotatable bonds is 5. The van der Waals surface area contributed by atoms with Crippen molar-refractivity contribution in [3.05, 3.63) is 30.1 Å². The van der Waals surface area contributed by atoms with Crippen LogP contribution in [0.3, 0.4) is 0 Å². The minimum Gasteiger partial charge on any atom is -0.475 e. The van der Waals surface area contributed by atoms with Crippen LogP contribution in [0.1, 0.15) is 18.5 Å². The van der Waals surface area contributed by atoms with Crippen LogP contribution < -0.4 is 0 Å². The number of pyridine rings is 1. The molecule has 1 spiro atoms. The molecule has 2 saturated heterocycles. The van der Waals surface area contributed by atoms with Gasteiger partial charge in [-0.25, -0.2) is 9.59 Å². The summed E-state index contributed by atoms with van der Waals surface area (Å²) in [5.74, 6) is -5.51. The van der Waals surface area contributed by atoms with Crippen LogP contribution in [-0.4, -0.2) is 108 Å². The number of carboxylic acid groups (broad SMARTS) is 2. The fraction of sp³-hybridized carbons (Fsp3) is 0.667. The van der Waals surface area contributed by atoms with Gasteiger partial charge in [0, 0.05) is 52.6 Å². The molecule has 0 atom stereocenters. The summed E-state index contributed by atoms with van der Waals surface area (Å²) < 4.78 is 74.9. The molecule has 2 fully saturated rings. The number of carbonyl (C=O) groups is 2. The van der Waals surface area contributed by atoms with Crippen molar-refractivity contribution in [2.45, 2.75) is 37.3 Å². The van der Waals surface area contributed by atoms with Crippen LogP contribution in [0.4, 0.5) is 26.3 Å². The Morgan fingerprint density at radius 3 is 2.03 bits per heavy atom. The molecule has 3 rings (SSSR count). The number of halogens is 6. The molecule has 2 N–H and O–H groups in total. The fourth-order valence-corrected chi connectivity index (χ4v) is 3.49. The smallest absolute Gasteiger partial charge is 0.475 e. The van der Waals surface area contributed by atoms with E-state index in [1.54, 1.807) is 7.11 Å². The predicted octanol–water partition coefficient (Wildman–Crippen LogP) is 2.66. The van der Waals surface area contributed by atoms with Crippen molar-refractivity contribution in [2.75, 3.05) is 53.0 Å². The second-order valence-electron chi connectivity index (χ2n) is 8.00. The van der Waals surface area contributed by atoms with Crippen LogP contribution in [0.5, 0.6) is 0 Å². The first-order chi connectivity index (χ1) is 16.7. The topological polar surface area (TPSA) is 112 Å². The Morgan fingerprint density at radius 2 is 1.58 bits per heavy atom. The summed E-state index contributed by atoms with van der Waals surface area (Å²) >= 11 is 0. The Hall–Kier alpha value is -2.49. The van der Waals surface area contributed by atoms with Gasteiger partial charge in [-0.05, 0) is 25.0 Å². The summed E-state index contributed by atoms with van der Waals surface area (Å²) in [7, 11) is 1.77. The lowest BCUT2D eigenvalue weighted by Gasteiger charge is -2.47. The Balaban J connectivity index is 0.000000383. The minimum atomic E-state index is -5.08. The second-order valence-corrected chi connectivity index (χ2v) is 8.00. The number of hydrogen-bond acceptors (Lipinski definition) is 7. The van der Waals surface area contributed by atoms with Gasteiger partial charge in [-0.2, -0.15) is 26.3 Å². The molecule has 0 aromatic carbocycles. The summed E-state index contributed by atoms with van der Waals surface area (Å²) in [4.78, 5) is 27.2. The number of aromatic nitrogens is 1. The van der Waals surface area contributed by atoms with Gasteiger partial charge in [0.2, 0.25) is 0 Å². The molecule has 206 valence electrons. The zero-order chi connectivity index (χ0) is 27.4. The van der Waals surface area contributed by atoms with Crippen molar-refractivity contribution in [3.63, 3.8) is 0 Å². The molecule has 0 radical (unpaired) electrons. The zero-order valence-corrected chi connectivity index (χ0v) is 19.5. The number of likely N-dealkylation sites (tertiary alicyclic amines) is 1. The van der Waals surface area contributed by atoms with Crippen LogP contribution >= 0.6 is 0 Å². The van der Waals surface area contributed by atoms with E-state index in [1.165, 1.54) is 0 Å². The quantitative estimate of drug-likeness (QED) is 0.552. The van der Waals surface area contributed by atoms with E-state index < -0.39 is 24.3 Å². The van der Waals surface area contributed by atoms with Gasteiger partial charge in [0.05, 0.1) is 24.5 Å². The van der Waals surface area contributed by atoms with Crippen molar-refractivity contribution >= 4 is 11.9 Å². The maximum Gasteiger partial charge on any atom is 0.490 e. The van der Waals surface area contributed by atoms with E-state index >= 15 is 0 Å². The van der Waals surface area contributed by atoms with E-state index in [4.69, 9.17) is 29.3 Å². The molecule has 9 nitrogen and oxygen atoms in total. The summed E-state index contributed by atoms with van der Waals surface area (Å²) in [6, 6.07) is 6.14. The van der Waals surface area contributed by atoms with Gasteiger partial charge in [-0.3, -0.25) is 9.88 Å². The van der Waals surface area contributed by atoms with Crippen molar-refractivity contribution in [3.8, 4) is 0 Å². The molecule has 15 heteroatoms. The lowest BCUT2D eigenvalue weighted by molar-refractivity contribution is -0.193. The van der Waals surface area contributed by atoms with Crippen LogP contribution in [0.2, 0.25) is 0 Å². The number of aliphatic carboxylic acids is 2. The standard InChI is InChI=1S/C17H27N3O2.2C2HF3O2/c1-21-12-10-19-8-5-17(6-9-19)15-20(11-13-22-17)14-16-4-2-3-7-18-16;2*3-2(4,5)1(6)7/h2-4,7H,5-6,8-15H2,1H3;2*(H,6,7). The molecule has 0 saturated carbocycles. The number of hydrogen-bond donors (Lipinski definition) is 2. The van der Waals surface area contributed by atoms with Crippen LogP contribution in [-0.2, 0) is 25.6 Å². The number of alkyl halides is 6. The minimum absolute atomic E-state index is 0.0522. The van der Waals surface area contributed by atoms with E-state index in [2.05, 4.69) is 26.9 Å². The highest BCUT2D eigenvalue weighted by atomic mass is 19.4. The fourth-order valence-electron chi connectivity index (χ4n) is 3.49. The first kappa shape index (κ1) is 31.5. The number of piperidine rings is 1. The number of methoxy groups -OCH3 is 1. The van der Waals surface area contributed by atoms with Crippen molar-refractivity contribution in [1.29, 1.82) is 0 Å². The van der Waals surface area contributed by atoms with Crippen molar-refractivity contribution in [2.24, 2.45) is 0 Å². The molecule has 1 aromatic heterocycles.